The lowest BCUT2D eigenvalue weighted by atomic mass is 9.97. The van der Waals surface area contributed by atoms with Gasteiger partial charge in [0, 0.05) is 0 Å². The van der Waals surface area contributed by atoms with Gasteiger partial charge in [-0.2, -0.15) is 5.10 Å². The summed E-state index contributed by atoms with van der Waals surface area (Å²) in [7, 11) is 0. The fourth-order valence-corrected chi connectivity index (χ4v) is 2.56. The Balaban J connectivity index is 1.83. The normalized spacial score (nSPS) is 16.8. The third-order valence-corrected chi connectivity index (χ3v) is 4.21. The Morgan fingerprint density at radius 2 is 2.09 bits per heavy atom. The molecule has 3 N–H and O–H groups in total. The van der Waals surface area contributed by atoms with Gasteiger partial charge in [-0.05, 0) is 49.9 Å². The standard InChI is InChI=1S/C16H18FN3O3/c1-16(9-21,10-2-3-10)18-15(23)14-13(22)8-20(19-14)12-6-4-11(17)5-7-12/h4-8,10,21-22H,2-3,9H2,1H3,(H,18,23). The number of aliphatic hydroxyl groups is 1. The molecule has 3 rings (SSSR count). The third-order valence-electron chi connectivity index (χ3n) is 4.21. The number of amides is 1. The van der Waals surface area contributed by atoms with Gasteiger partial charge in [-0.3, -0.25) is 4.79 Å². The molecule has 1 atom stereocenters. The van der Waals surface area contributed by atoms with Crippen molar-refractivity contribution in [1.29, 1.82) is 0 Å². The van der Waals surface area contributed by atoms with E-state index in [1.807, 2.05) is 0 Å². The third kappa shape index (κ3) is 3.05. The summed E-state index contributed by atoms with van der Waals surface area (Å²) in [5.41, 5.74) is -0.328. The Kier molecular flexibility index (Phi) is 3.81. The molecule has 2 aromatic rings. The highest BCUT2D eigenvalue weighted by atomic mass is 19.1. The summed E-state index contributed by atoms with van der Waals surface area (Å²) in [6.45, 7) is 1.60. The van der Waals surface area contributed by atoms with Crippen LogP contribution in [0.15, 0.2) is 30.5 Å². The summed E-state index contributed by atoms with van der Waals surface area (Å²) in [5.74, 6) is -0.973. The van der Waals surface area contributed by atoms with Crippen molar-refractivity contribution in [3.05, 3.63) is 42.0 Å². The van der Waals surface area contributed by atoms with E-state index in [0.717, 1.165) is 12.8 Å². The molecule has 0 bridgehead atoms. The van der Waals surface area contributed by atoms with Crippen LogP contribution in [0.5, 0.6) is 5.75 Å². The van der Waals surface area contributed by atoms with Crippen molar-refractivity contribution >= 4 is 5.91 Å². The average Bonchev–Trinajstić information content (AvgIpc) is 3.31. The molecule has 1 saturated carbocycles. The SMILES string of the molecule is CC(CO)(NC(=O)c1nn(-c2ccc(F)cc2)cc1O)C1CC1. The van der Waals surface area contributed by atoms with E-state index in [0.29, 0.717) is 5.69 Å². The number of hydrogen-bond acceptors (Lipinski definition) is 4. The Hall–Kier alpha value is -2.41. The van der Waals surface area contributed by atoms with Crippen molar-refractivity contribution in [3.63, 3.8) is 0 Å². The summed E-state index contributed by atoms with van der Waals surface area (Å²) in [6.07, 6.45) is 3.19. The number of aromatic nitrogens is 2. The van der Waals surface area contributed by atoms with Gasteiger partial charge < -0.3 is 15.5 Å². The molecule has 1 aliphatic carbocycles. The Labute approximate surface area is 132 Å². The molecule has 1 amide bonds. The molecule has 1 aromatic heterocycles. The molecule has 0 saturated heterocycles. The van der Waals surface area contributed by atoms with Crippen molar-refractivity contribution in [3.8, 4) is 11.4 Å². The molecule has 1 aliphatic rings. The van der Waals surface area contributed by atoms with Gasteiger partial charge in [-0.25, -0.2) is 9.07 Å². The maximum Gasteiger partial charge on any atom is 0.276 e. The molecule has 7 heteroatoms. The van der Waals surface area contributed by atoms with Crippen molar-refractivity contribution in [2.75, 3.05) is 6.61 Å². The van der Waals surface area contributed by atoms with Crippen LogP contribution in [0.2, 0.25) is 0 Å². The minimum Gasteiger partial charge on any atom is -0.504 e. The number of halogens is 1. The zero-order valence-corrected chi connectivity index (χ0v) is 12.7. The van der Waals surface area contributed by atoms with E-state index >= 15 is 0 Å². The van der Waals surface area contributed by atoms with Crippen LogP contribution < -0.4 is 5.32 Å². The summed E-state index contributed by atoms with van der Waals surface area (Å²) in [4.78, 5) is 12.4. The van der Waals surface area contributed by atoms with Crippen LogP contribution in [0.1, 0.15) is 30.3 Å². The largest absolute Gasteiger partial charge is 0.504 e. The lowest BCUT2D eigenvalue weighted by Gasteiger charge is -2.28. The van der Waals surface area contributed by atoms with E-state index < -0.39 is 11.4 Å². The summed E-state index contributed by atoms with van der Waals surface area (Å²) in [6, 6.07) is 5.52. The van der Waals surface area contributed by atoms with E-state index in [9.17, 15) is 19.4 Å². The predicted octanol–water partition coefficient (Wildman–Crippen LogP) is 1.61. The van der Waals surface area contributed by atoms with Gasteiger partial charge >= 0.3 is 0 Å². The van der Waals surface area contributed by atoms with Gasteiger partial charge in [0.05, 0.1) is 24.0 Å². The molecule has 0 spiro atoms. The van der Waals surface area contributed by atoms with E-state index in [1.165, 1.54) is 35.1 Å². The first-order valence-corrected chi connectivity index (χ1v) is 7.41. The first-order chi connectivity index (χ1) is 10.9. The van der Waals surface area contributed by atoms with Gasteiger partial charge in [0.25, 0.3) is 5.91 Å². The second-order valence-electron chi connectivity index (χ2n) is 6.09. The Bertz CT molecular complexity index is 725. The molecule has 1 aromatic carbocycles. The van der Waals surface area contributed by atoms with Crippen LogP contribution in [-0.4, -0.2) is 38.0 Å². The van der Waals surface area contributed by atoms with Gasteiger partial charge in [0.1, 0.15) is 5.82 Å². The lowest BCUT2D eigenvalue weighted by molar-refractivity contribution is 0.0816. The molecule has 1 heterocycles. The van der Waals surface area contributed by atoms with Crippen LogP contribution in [0, 0.1) is 11.7 Å². The number of nitrogens with zero attached hydrogens (tertiary/aromatic N) is 2. The first-order valence-electron chi connectivity index (χ1n) is 7.41. The minimum atomic E-state index is -0.719. The maximum atomic E-state index is 13.0. The Morgan fingerprint density at radius 3 is 2.65 bits per heavy atom. The first kappa shape index (κ1) is 15.5. The van der Waals surface area contributed by atoms with Crippen LogP contribution >= 0.6 is 0 Å². The molecule has 1 fully saturated rings. The number of rotatable bonds is 5. The van der Waals surface area contributed by atoms with Crippen LogP contribution in [0.25, 0.3) is 5.69 Å². The zero-order chi connectivity index (χ0) is 16.6. The lowest BCUT2D eigenvalue weighted by Crippen LogP contribution is -2.50. The van der Waals surface area contributed by atoms with E-state index in [2.05, 4.69) is 10.4 Å². The Morgan fingerprint density at radius 1 is 1.43 bits per heavy atom. The van der Waals surface area contributed by atoms with Crippen molar-refractivity contribution in [2.45, 2.75) is 25.3 Å². The molecular formula is C16H18FN3O3. The number of hydrogen-bond donors (Lipinski definition) is 3. The van der Waals surface area contributed by atoms with Crippen LogP contribution in [-0.2, 0) is 0 Å². The molecular weight excluding hydrogens is 301 g/mol. The molecule has 0 aliphatic heterocycles. The van der Waals surface area contributed by atoms with Crippen molar-refractivity contribution < 1.29 is 19.4 Å². The number of carbonyl (C=O) groups is 1. The van der Waals surface area contributed by atoms with Crippen molar-refractivity contribution in [2.24, 2.45) is 5.92 Å². The highest BCUT2D eigenvalue weighted by molar-refractivity contribution is 5.95. The highest BCUT2D eigenvalue weighted by Gasteiger charge is 2.42. The van der Waals surface area contributed by atoms with Crippen LogP contribution in [0.3, 0.4) is 0 Å². The molecule has 1 unspecified atom stereocenters. The zero-order valence-electron chi connectivity index (χ0n) is 12.7. The van der Waals surface area contributed by atoms with Crippen LogP contribution in [0.4, 0.5) is 4.39 Å². The fraction of sp³-hybridized carbons (Fsp3) is 0.375. The number of nitrogens with one attached hydrogen (secondary N) is 1. The van der Waals surface area contributed by atoms with Gasteiger partial charge in [0.2, 0.25) is 0 Å². The fourth-order valence-electron chi connectivity index (χ4n) is 2.56. The van der Waals surface area contributed by atoms with Gasteiger partial charge in [0.15, 0.2) is 11.4 Å². The molecule has 122 valence electrons. The predicted molar refractivity (Wildman–Crippen MR) is 80.9 cm³/mol. The summed E-state index contributed by atoms with van der Waals surface area (Å²) in [5, 5.41) is 26.3. The summed E-state index contributed by atoms with van der Waals surface area (Å²) < 4.78 is 14.3. The number of aromatic hydroxyl groups is 1. The molecule has 23 heavy (non-hydrogen) atoms. The second kappa shape index (κ2) is 5.66. The highest BCUT2D eigenvalue weighted by Crippen LogP contribution is 2.39. The van der Waals surface area contributed by atoms with Gasteiger partial charge in [-0.1, -0.05) is 0 Å². The monoisotopic (exact) mass is 319 g/mol. The minimum absolute atomic E-state index is 0.130. The average molecular weight is 319 g/mol. The molecule has 6 nitrogen and oxygen atoms in total. The number of aliphatic hydroxyl groups excluding tert-OH is 1. The van der Waals surface area contributed by atoms with Gasteiger partial charge in [-0.15, -0.1) is 0 Å². The number of carbonyl (C=O) groups excluding carboxylic acids is 1. The van der Waals surface area contributed by atoms with E-state index in [4.69, 9.17) is 0 Å². The summed E-state index contributed by atoms with van der Waals surface area (Å²) >= 11 is 0. The number of benzene rings is 1. The topological polar surface area (TPSA) is 87.4 Å². The van der Waals surface area contributed by atoms with E-state index in [-0.39, 0.29) is 29.8 Å². The smallest absolute Gasteiger partial charge is 0.276 e. The quantitative estimate of drug-likeness (QED) is 0.781. The molecule has 0 radical (unpaired) electrons. The second-order valence-corrected chi connectivity index (χ2v) is 6.09. The van der Waals surface area contributed by atoms with Crippen molar-refractivity contribution in [1.82, 2.24) is 15.1 Å². The maximum absolute atomic E-state index is 13.0. The van der Waals surface area contributed by atoms with E-state index in [1.54, 1.807) is 6.92 Å².